The number of rotatable bonds is 2. The summed E-state index contributed by atoms with van der Waals surface area (Å²) in [6.45, 7) is 14.4. The lowest BCUT2D eigenvalue weighted by Gasteiger charge is -2.31. The van der Waals surface area contributed by atoms with E-state index in [0.29, 0.717) is 5.96 Å². The average molecular weight is 348 g/mol. The van der Waals surface area contributed by atoms with Crippen LogP contribution in [0.1, 0.15) is 47.2 Å². The van der Waals surface area contributed by atoms with Gasteiger partial charge in [0.05, 0.1) is 0 Å². The number of benzene rings is 1. The number of amides is 1. The van der Waals surface area contributed by atoms with Crippen molar-refractivity contribution in [1.29, 1.82) is 0 Å². The fourth-order valence-corrected chi connectivity index (χ4v) is 3.38. The van der Waals surface area contributed by atoms with Gasteiger partial charge in [-0.1, -0.05) is 0 Å². The van der Waals surface area contributed by atoms with Crippen molar-refractivity contribution in [3.8, 4) is 0 Å². The van der Waals surface area contributed by atoms with Crippen molar-refractivity contribution in [3.05, 3.63) is 33.4 Å². The first-order valence-corrected chi connectivity index (χ1v) is 8.55. The summed E-state index contributed by atoms with van der Waals surface area (Å²) in [5, 5.41) is 0. The van der Waals surface area contributed by atoms with Gasteiger partial charge < -0.3 is 14.5 Å². The normalized spacial score (nSPS) is 11.2. The van der Waals surface area contributed by atoms with Gasteiger partial charge in [-0.05, 0) is 76.3 Å². The third kappa shape index (κ3) is 4.33. The predicted octanol–water partition coefficient (Wildman–Crippen LogP) is 4.08. The molecule has 0 bridgehead atoms. The summed E-state index contributed by atoms with van der Waals surface area (Å²) in [5.41, 5.74) is 6.42. The molecule has 0 unspecified atom stereocenters. The number of hydrogen-bond donors (Lipinski definition) is 0. The summed E-state index contributed by atoms with van der Waals surface area (Å²) < 4.78 is 5.79. The van der Waals surface area contributed by atoms with Crippen LogP contribution in [0.3, 0.4) is 0 Å². The van der Waals surface area contributed by atoms with Gasteiger partial charge in [0.15, 0.2) is 0 Å². The molecule has 0 aliphatic rings. The van der Waals surface area contributed by atoms with Gasteiger partial charge in [-0.3, -0.25) is 0 Å². The van der Waals surface area contributed by atoms with Crippen LogP contribution in [0.2, 0.25) is 0 Å². The van der Waals surface area contributed by atoms with E-state index >= 15 is 0 Å². The van der Waals surface area contributed by atoms with Crippen LogP contribution in [-0.2, 0) is 10.3 Å². The second kappa shape index (κ2) is 7.46. The van der Waals surface area contributed by atoms with Crippen molar-refractivity contribution in [2.75, 3.05) is 28.2 Å². The monoisotopic (exact) mass is 347 g/mol. The Kier molecular flexibility index (Phi) is 6.27. The Labute approximate surface area is 152 Å². The molecule has 0 N–H and O–H groups in total. The minimum atomic E-state index is -0.762. The van der Waals surface area contributed by atoms with Crippen LogP contribution in [0.25, 0.3) is 0 Å². The highest BCUT2D eigenvalue weighted by molar-refractivity contribution is 5.89. The Bertz CT molecular complexity index is 662. The zero-order valence-electron chi connectivity index (χ0n) is 17.7. The average Bonchev–Trinajstić information content (AvgIpc) is 2.47. The molecule has 0 saturated carbocycles. The van der Waals surface area contributed by atoms with Crippen LogP contribution < -0.4 is 0 Å². The van der Waals surface area contributed by atoms with Gasteiger partial charge >= 0.3 is 6.09 Å². The predicted molar refractivity (Wildman–Crippen MR) is 104 cm³/mol. The molecule has 0 aliphatic heterocycles. The van der Waals surface area contributed by atoms with Crippen molar-refractivity contribution in [1.82, 2.24) is 9.80 Å². The zero-order chi connectivity index (χ0) is 19.7. The van der Waals surface area contributed by atoms with Crippen molar-refractivity contribution in [2.45, 2.75) is 54.1 Å². The maximum atomic E-state index is 12.4. The highest BCUT2D eigenvalue weighted by Crippen LogP contribution is 2.36. The first-order valence-electron chi connectivity index (χ1n) is 8.55. The van der Waals surface area contributed by atoms with Gasteiger partial charge in [-0.15, -0.1) is 4.99 Å². The van der Waals surface area contributed by atoms with Crippen LogP contribution in [0.5, 0.6) is 0 Å². The lowest BCUT2D eigenvalue weighted by Crippen LogP contribution is -2.37. The third-order valence-corrected chi connectivity index (χ3v) is 4.94. The summed E-state index contributed by atoms with van der Waals surface area (Å²) >= 11 is 0. The molecule has 1 amide bonds. The molecule has 0 atom stereocenters. The maximum absolute atomic E-state index is 12.4. The second-order valence-corrected chi connectivity index (χ2v) is 7.58. The lowest BCUT2D eigenvalue weighted by molar-refractivity contribution is 0.0422. The van der Waals surface area contributed by atoms with Gasteiger partial charge in [0.1, 0.15) is 5.60 Å². The molecular weight excluding hydrogens is 314 g/mol. The van der Waals surface area contributed by atoms with Crippen LogP contribution in [0.15, 0.2) is 4.99 Å². The Hall–Kier alpha value is -2.04. The van der Waals surface area contributed by atoms with Crippen molar-refractivity contribution in [3.63, 3.8) is 0 Å². The van der Waals surface area contributed by atoms with Crippen LogP contribution >= 0.6 is 0 Å². The molecule has 0 aromatic heterocycles. The Morgan fingerprint density at radius 3 is 1.52 bits per heavy atom. The van der Waals surface area contributed by atoms with E-state index in [1.807, 2.05) is 42.0 Å². The lowest BCUT2D eigenvalue weighted by atomic mass is 9.82. The molecule has 0 saturated heterocycles. The van der Waals surface area contributed by atoms with E-state index in [9.17, 15) is 4.79 Å². The van der Waals surface area contributed by atoms with Crippen molar-refractivity contribution in [2.24, 2.45) is 4.99 Å². The van der Waals surface area contributed by atoms with Crippen LogP contribution in [-0.4, -0.2) is 50.0 Å². The van der Waals surface area contributed by atoms with E-state index in [0.717, 1.165) is 5.56 Å². The zero-order valence-corrected chi connectivity index (χ0v) is 17.7. The molecule has 5 heteroatoms. The standard InChI is InChI=1S/C20H33N3O2/c1-12-13(2)15(4)17(16(5)14(12)3)20(6,7)25-19(24)21-18(22(8)9)23(10)11/h1-11H3. The molecule has 0 spiro atoms. The number of hydrogen-bond acceptors (Lipinski definition) is 2. The van der Waals surface area contributed by atoms with E-state index in [2.05, 4.69) is 39.6 Å². The smallest absolute Gasteiger partial charge is 0.437 e. The van der Waals surface area contributed by atoms with Crippen LogP contribution in [0.4, 0.5) is 4.79 Å². The highest BCUT2D eigenvalue weighted by atomic mass is 16.6. The SMILES string of the molecule is Cc1c(C)c(C)c(C(C)(C)OC(=O)N=C(N(C)C)N(C)C)c(C)c1C. The maximum Gasteiger partial charge on any atom is 0.437 e. The van der Waals surface area contributed by atoms with Crippen LogP contribution in [0, 0.1) is 34.6 Å². The molecule has 140 valence electrons. The van der Waals surface area contributed by atoms with E-state index in [4.69, 9.17) is 4.74 Å². The summed E-state index contributed by atoms with van der Waals surface area (Å²) in [7, 11) is 7.38. The molecule has 0 fully saturated rings. The molecule has 1 aromatic carbocycles. The molecular formula is C20H33N3O2. The number of guanidine groups is 1. The summed E-state index contributed by atoms with van der Waals surface area (Å²) in [6.07, 6.45) is -0.586. The van der Waals surface area contributed by atoms with E-state index in [1.54, 1.807) is 9.80 Å². The van der Waals surface area contributed by atoms with Gasteiger partial charge in [0, 0.05) is 33.8 Å². The van der Waals surface area contributed by atoms with Gasteiger partial charge in [0.25, 0.3) is 0 Å². The fraction of sp³-hybridized carbons (Fsp3) is 0.600. The highest BCUT2D eigenvalue weighted by Gasteiger charge is 2.31. The minimum Gasteiger partial charge on any atom is -0.437 e. The largest absolute Gasteiger partial charge is 0.437 e. The fourth-order valence-electron chi connectivity index (χ4n) is 3.38. The van der Waals surface area contributed by atoms with Crippen molar-refractivity contribution >= 4 is 12.1 Å². The first kappa shape index (κ1) is 21.0. The topological polar surface area (TPSA) is 45.1 Å². The number of ether oxygens (including phenoxy) is 1. The summed E-state index contributed by atoms with van der Waals surface area (Å²) in [4.78, 5) is 20.1. The minimum absolute atomic E-state index is 0.547. The summed E-state index contributed by atoms with van der Waals surface area (Å²) in [5.74, 6) is 0.547. The molecule has 0 radical (unpaired) electrons. The van der Waals surface area contributed by atoms with Crippen molar-refractivity contribution < 1.29 is 9.53 Å². The molecule has 0 heterocycles. The Morgan fingerprint density at radius 2 is 1.16 bits per heavy atom. The second-order valence-electron chi connectivity index (χ2n) is 7.58. The van der Waals surface area contributed by atoms with Gasteiger partial charge in [-0.25, -0.2) is 4.79 Å². The number of carbonyl (C=O) groups excluding carboxylic acids is 1. The Balaban J connectivity index is 3.32. The van der Waals surface area contributed by atoms with E-state index in [1.165, 1.54) is 27.8 Å². The van der Waals surface area contributed by atoms with E-state index in [-0.39, 0.29) is 0 Å². The molecule has 5 nitrogen and oxygen atoms in total. The quantitative estimate of drug-likeness (QED) is 0.597. The van der Waals surface area contributed by atoms with Gasteiger partial charge in [0.2, 0.25) is 5.96 Å². The van der Waals surface area contributed by atoms with E-state index < -0.39 is 11.7 Å². The number of aliphatic imine (C=N–C) groups is 1. The number of nitrogens with zero attached hydrogens (tertiary/aromatic N) is 3. The number of carbonyl (C=O) groups is 1. The molecule has 0 aliphatic carbocycles. The first-order chi connectivity index (χ1) is 11.3. The van der Waals surface area contributed by atoms with Gasteiger partial charge in [-0.2, -0.15) is 0 Å². The molecule has 1 aromatic rings. The summed E-state index contributed by atoms with van der Waals surface area (Å²) in [6, 6.07) is 0. The third-order valence-electron chi connectivity index (χ3n) is 4.94. The molecule has 25 heavy (non-hydrogen) atoms. The molecule has 1 rings (SSSR count). The Morgan fingerprint density at radius 1 is 0.800 bits per heavy atom.